The Labute approximate surface area is 170 Å². The maximum atomic E-state index is 13.3. The Hall–Kier alpha value is -2.69. The average molecular weight is 415 g/mol. The fourth-order valence-corrected chi connectivity index (χ4v) is 4.66. The maximum Gasteiger partial charge on any atom is 0.251 e. The van der Waals surface area contributed by atoms with Crippen LogP contribution in [0.25, 0.3) is 0 Å². The van der Waals surface area contributed by atoms with Gasteiger partial charge in [0.15, 0.2) is 0 Å². The van der Waals surface area contributed by atoms with Gasteiger partial charge >= 0.3 is 0 Å². The molecule has 1 atom stereocenters. The first-order valence-corrected chi connectivity index (χ1v) is 11.0. The zero-order chi connectivity index (χ0) is 20.9. The van der Waals surface area contributed by atoms with Gasteiger partial charge in [0.25, 0.3) is 5.91 Å². The first-order chi connectivity index (χ1) is 13.9. The van der Waals surface area contributed by atoms with Gasteiger partial charge in [0.2, 0.25) is 10.0 Å². The van der Waals surface area contributed by atoms with Gasteiger partial charge in [-0.05, 0) is 54.7 Å². The van der Waals surface area contributed by atoms with Gasteiger partial charge in [0, 0.05) is 5.56 Å². The second-order valence-corrected chi connectivity index (χ2v) is 8.87. The minimum Gasteiger partial charge on any atom is -0.345 e. The highest BCUT2D eigenvalue weighted by atomic mass is 32.2. The standard InChI is InChI=1S/C22H23FN2O3S/c1-2-14-24-29(27,28)20-9-5-8-18(15-20)22(26)25-21(16-6-3-4-7-16)17-10-12-19(23)13-11-17/h1,5,8-13,15-16,21,24H,3-4,6-7,14H2,(H,25,26). The maximum absolute atomic E-state index is 13.3. The van der Waals surface area contributed by atoms with Crippen LogP contribution in [0, 0.1) is 24.1 Å². The molecule has 5 nitrogen and oxygen atoms in total. The molecule has 2 N–H and O–H groups in total. The predicted molar refractivity (Wildman–Crippen MR) is 109 cm³/mol. The lowest BCUT2D eigenvalue weighted by molar-refractivity contribution is 0.0921. The van der Waals surface area contributed by atoms with Crippen molar-refractivity contribution in [3.8, 4) is 12.3 Å². The number of amides is 1. The summed E-state index contributed by atoms with van der Waals surface area (Å²) in [7, 11) is -3.79. The summed E-state index contributed by atoms with van der Waals surface area (Å²) < 4.78 is 40.2. The van der Waals surface area contributed by atoms with Crippen LogP contribution in [-0.2, 0) is 10.0 Å². The highest BCUT2D eigenvalue weighted by molar-refractivity contribution is 7.89. The lowest BCUT2D eigenvalue weighted by Crippen LogP contribution is -2.33. The molecule has 0 aliphatic heterocycles. The molecule has 0 aromatic heterocycles. The third-order valence-electron chi connectivity index (χ3n) is 5.16. The summed E-state index contributed by atoms with van der Waals surface area (Å²) >= 11 is 0. The molecular weight excluding hydrogens is 391 g/mol. The van der Waals surface area contributed by atoms with Crippen LogP contribution in [0.15, 0.2) is 53.4 Å². The number of halogens is 1. The summed E-state index contributed by atoms with van der Waals surface area (Å²) in [4.78, 5) is 12.9. The highest BCUT2D eigenvalue weighted by Crippen LogP contribution is 2.36. The normalized spacial score (nSPS) is 15.6. The summed E-state index contributed by atoms with van der Waals surface area (Å²) in [6.07, 6.45) is 9.24. The monoisotopic (exact) mass is 414 g/mol. The fourth-order valence-electron chi connectivity index (χ4n) is 3.68. The number of carbonyl (C=O) groups excluding carboxylic acids is 1. The van der Waals surface area contributed by atoms with Gasteiger partial charge < -0.3 is 5.32 Å². The number of benzene rings is 2. The molecule has 1 aliphatic rings. The van der Waals surface area contributed by atoms with Crippen LogP contribution in [0.4, 0.5) is 4.39 Å². The lowest BCUT2D eigenvalue weighted by atomic mass is 9.91. The quantitative estimate of drug-likeness (QED) is 0.682. The van der Waals surface area contributed by atoms with Crippen LogP contribution in [0.5, 0.6) is 0 Å². The van der Waals surface area contributed by atoms with Crippen LogP contribution < -0.4 is 10.0 Å². The number of rotatable bonds is 7. The molecule has 3 rings (SSSR count). The first-order valence-electron chi connectivity index (χ1n) is 9.50. The Bertz CT molecular complexity index is 1010. The molecular formula is C22H23FN2O3S. The zero-order valence-electron chi connectivity index (χ0n) is 15.9. The van der Waals surface area contributed by atoms with E-state index in [2.05, 4.69) is 16.0 Å². The minimum absolute atomic E-state index is 0.0281. The predicted octanol–water partition coefficient (Wildman–Crippen LogP) is 3.40. The number of nitrogens with one attached hydrogen (secondary N) is 2. The van der Waals surface area contributed by atoms with E-state index in [1.54, 1.807) is 18.2 Å². The molecule has 0 heterocycles. The van der Waals surface area contributed by atoms with Crippen molar-refractivity contribution in [1.82, 2.24) is 10.0 Å². The number of hydrogen-bond acceptors (Lipinski definition) is 3. The van der Waals surface area contributed by atoms with Crippen molar-refractivity contribution in [2.45, 2.75) is 36.6 Å². The van der Waals surface area contributed by atoms with E-state index in [0.717, 1.165) is 31.2 Å². The molecule has 0 bridgehead atoms. The van der Waals surface area contributed by atoms with Crippen molar-refractivity contribution in [1.29, 1.82) is 0 Å². The molecule has 7 heteroatoms. The van der Waals surface area contributed by atoms with E-state index in [-0.39, 0.29) is 40.7 Å². The Balaban J connectivity index is 1.84. The number of sulfonamides is 1. The Kier molecular flexibility index (Phi) is 6.68. The topological polar surface area (TPSA) is 75.3 Å². The van der Waals surface area contributed by atoms with E-state index in [9.17, 15) is 17.6 Å². The van der Waals surface area contributed by atoms with Crippen LogP contribution in [-0.4, -0.2) is 20.9 Å². The summed E-state index contributed by atoms with van der Waals surface area (Å²) in [5.74, 6) is 1.77. The average Bonchev–Trinajstić information content (AvgIpc) is 3.26. The third kappa shape index (κ3) is 5.22. The molecule has 0 radical (unpaired) electrons. The van der Waals surface area contributed by atoms with E-state index >= 15 is 0 Å². The Morgan fingerprint density at radius 1 is 1.17 bits per heavy atom. The molecule has 29 heavy (non-hydrogen) atoms. The zero-order valence-corrected chi connectivity index (χ0v) is 16.7. The van der Waals surface area contributed by atoms with Gasteiger partial charge in [-0.15, -0.1) is 6.42 Å². The highest BCUT2D eigenvalue weighted by Gasteiger charge is 2.28. The lowest BCUT2D eigenvalue weighted by Gasteiger charge is -2.25. The smallest absolute Gasteiger partial charge is 0.251 e. The van der Waals surface area contributed by atoms with Gasteiger partial charge in [-0.1, -0.05) is 37.0 Å². The summed E-state index contributed by atoms with van der Waals surface area (Å²) in [5, 5.41) is 3.02. The molecule has 2 aromatic carbocycles. The molecule has 1 unspecified atom stereocenters. The molecule has 152 valence electrons. The van der Waals surface area contributed by atoms with Crippen molar-refractivity contribution in [2.24, 2.45) is 5.92 Å². The minimum atomic E-state index is -3.79. The largest absolute Gasteiger partial charge is 0.345 e. The third-order valence-corrected chi connectivity index (χ3v) is 6.56. The van der Waals surface area contributed by atoms with Crippen molar-refractivity contribution in [3.05, 3.63) is 65.5 Å². The van der Waals surface area contributed by atoms with Crippen LogP contribution >= 0.6 is 0 Å². The molecule has 0 saturated heterocycles. The van der Waals surface area contributed by atoms with Gasteiger partial charge in [-0.3, -0.25) is 4.79 Å². The number of terminal acetylenes is 1. The van der Waals surface area contributed by atoms with Crippen LogP contribution in [0.2, 0.25) is 0 Å². The molecule has 1 amide bonds. The van der Waals surface area contributed by atoms with Gasteiger partial charge in [0.05, 0.1) is 17.5 Å². The Morgan fingerprint density at radius 3 is 2.52 bits per heavy atom. The van der Waals surface area contributed by atoms with Crippen molar-refractivity contribution in [2.75, 3.05) is 6.54 Å². The fraction of sp³-hybridized carbons (Fsp3) is 0.318. The first kappa shape index (κ1) is 21.0. The van der Waals surface area contributed by atoms with Crippen LogP contribution in [0.3, 0.4) is 0 Å². The molecule has 2 aromatic rings. The molecule has 0 spiro atoms. The molecule has 1 saturated carbocycles. The van der Waals surface area contributed by atoms with E-state index in [0.29, 0.717) is 0 Å². The van der Waals surface area contributed by atoms with E-state index in [4.69, 9.17) is 6.42 Å². The summed E-state index contributed by atoms with van der Waals surface area (Å²) in [5.41, 5.74) is 1.07. The number of hydrogen-bond donors (Lipinski definition) is 2. The molecule has 1 aliphatic carbocycles. The van der Waals surface area contributed by atoms with Crippen LogP contribution in [0.1, 0.15) is 47.6 Å². The van der Waals surface area contributed by atoms with Gasteiger partial charge in [0.1, 0.15) is 5.82 Å². The van der Waals surface area contributed by atoms with E-state index in [1.165, 1.54) is 30.3 Å². The van der Waals surface area contributed by atoms with Gasteiger partial charge in [-0.2, -0.15) is 4.72 Å². The van der Waals surface area contributed by atoms with Gasteiger partial charge in [-0.25, -0.2) is 12.8 Å². The van der Waals surface area contributed by atoms with E-state index < -0.39 is 10.0 Å². The van der Waals surface area contributed by atoms with Crippen molar-refractivity contribution in [3.63, 3.8) is 0 Å². The van der Waals surface area contributed by atoms with Crippen molar-refractivity contribution < 1.29 is 17.6 Å². The van der Waals surface area contributed by atoms with Crippen molar-refractivity contribution >= 4 is 15.9 Å². The molecule has 1 fully saturated rings. The second kappa shape index (κ2) is 9.21. The SMILES string of the molecule is C#CCNS(=O)(=O)c1cccc(C(=O)NC(c2ccc(F)cc2)C2CCCC2)c1. The number of carbonyl (C=O) groups is 1. The Morgan fingerprint density at radius 2 is 1.86 bits per heavy atom. The summed E-state index contributed by atoms with van der Waals surface area (Å²) in [6.45, 7) is -0.132. The second-order valence-electron chi connectivity index (χ2n) is 7.10. The summed E-state index contributed by atoms with van der Waals surface area (Å²) in [6, 6.07) is 11.7. The van der Waals surface area contributed by atoms with E-state index in [1.807, 2.05) is 0 Å².